The van der Waals surface area contributed by atoms with Crippen molar-refractivity contribution in [2.45, 2.75) is 49.7 Å². The Balaban J connectivity index is 1.30. The van der Waals surface area contributed by atoms with Gasteiger partial charge in [-0.15, -0.1) is 11.8 Å². The SMILES string of the molecule is O=C(CCCCCc1ccccc1)NC(=O)CN1C(=O)CC1SCc1ccccc1. The lowest BCUT2D eigenvalue weighted by atomic mass is 10.1. The first-order valence-corrected chi connectivity index (χ1v) is 11.5. The number of β-lactam (4-membered cyclic amide) rings is 1. The molecule has 0 aliphatic carbocycles. The fraction of sp³-hybridized carbons (Fsp3) is 0.375. The standard InChI is InChI=1S/C24H28N2O3S/c27-21(15-9-3-6-12-19-10-4-1-5-11-19)25-22(28)17-26-23(29)16-24(26)30-18-20-13-7-2-8-14-20/h1-2,4-5,7-8,10-11,13-14,24H,3,6,9,12,15-18H2,(H,25,27,28). The van der Waals surface area contributed by atoms with E-state index in [2.05, 4.69) is 17.4 Å². The van der Waals surface area contributed by atoms with Gasteiger partial charge in [-0.05, 0) is 30.4 Å². The lowest BCUT2D eigenvalue weighted by Gasteiger charge is -2.39. The number of carbonyl (C=O) groups excluding carboxylic acids is 3. The van der Waals surface area contributed by atoms with Crippen LogP contribution in [0.2, 0.25) is 0 Å². The molecular weight excluding hydrogens is 396 g/mol. The van der Waals surface area contributed by atoms with Crippen LogP contribution in [0.1, 0.15) is 43.2 Å². The van der Waals surface area contributed by atoms with E-state index in [1.54, 1.807) is 16.7 Å². The second-order valence-corrected chi connectivity index (χ2v) is 8.66. The number of nitrogens with zero attached hydrogens (tertiary/aromatic N) is 1. The van der Waals surface area contributed by atoms with Gasteiger partial charge in [0.05, 0.1) is 11.8 Å². The minimum Gasteiger partial charge on any atom is -0.321 e. The minimum atomic E-state index is -0.400. The van der Waals surface area contributed by atoms with Gasteiger partial charge in [0.15, 0.2) is 0 Å². The quantitative estimate of drug-likeness (QED) is 0.439. The molecule has 2 aromatic carbocycles. The fourth-order valence-corrected chi connectivity index (χ4v) is 4.59. The summed E-state index contributed by atoms with van der Waals surface area (Å²) in [5.41, 5.74) is 2.49. The van der Waals surface area contributed by atoms with E-state index in [1.807, 2.05) is 48.5 Å². The second kappa shape index (κ2) is 11.6. The zero-order valence-electron chi connectivity index (χ0n) is 17.1. The molecule has 30 heavy (non-hydrogen) atoms. The van der Waals surface area contributed by atoms with Gasteiger partial charge in [0.1, 0.15) is 6.54 Å². The zero-order chi connectivity index (χ0) is 21.2. The fourth-order valence-electron chi connectivity index (χ4n) is 3.38. The highest BCUT2D eigenvalue weighted by Gasteiger charge is 2.37. The van der Waals surface area contributed by atoms with Crippen LogP contribution in [0.5, 0.6) is 0 Å². The number of imide groups is 1. The van der Waals surface area contributed by atoms with Crippen LogP contribution in [0.25, 0.3) is 0 Å². The van der Waals surface area contributed by atoms with E-state index in [0.717, 1.165) is 31.4 Å². The van der Waals surface area contributed by atoms with Crippen molar-refractivity contribution in [1.82, 2.24) is 10.2 Å². The average Bonchev–Trinajstić information content (AvgIpc) is 2.76. The Morgan fingerprint density at radius 3 is 2.23 bits per heavy atom. The van der Waals surface area contributed by atoms with E-state index >= 15 is 0 Å². The second-order valence-electron chi connectivity index (χ2n) is 7.49. The van der Waals surface area contributed by atoms with Gasteiger partial charge in [0.25, 0.3) is 0 Å². The number of aryl methyl sites for hydroxylation is 1. The number of thioether (sulfide) groups is 1. The maximum atomic E-state index is 12.2. The number of benzene rings is 2. The third kappa shape index (κ3) is 7.02. The van der Waals surface area contributed by atoms with Crippen LogP contribution in [0.15, 0.2) is 60.7 Å². The van der Waals surface area contributed by atoms with Gasteiger partial charge in [-0.25, -0.2) is 0 Å². The van der Waals surface area contributed by atoms with Gasteiger partial charge in [0, 0.05) is 12.2 Å². The summed E-state index contributed by atoms with van der Waals surface area (Å²) in [6.45, 7) is -0.0506. The molecule has 1 heterocycles. The van der Waals surface area contributed by atoms with Crippen molar-refractivity contribution in [1.29, 1.82) is 0 Å². The third-order valence-corrected chi connectivity index (χ3v) is 6.41. The van der Waals surface area contributed by atoms with E-state index in [0.29, 0.717) is 12.8 Å². The van der Waals surface area contributed by atoms with Crippen LogP contribution >= 0.6 is 11.8 Å². The highest BCUT2D eigenvalue weighted by molar-refractivity contribution is 7.99. The molecule has 3 amide bonds. The summed E-state index contributed by atoms with van der Waals surface area (Å²) < 4.78 is 0. The molecule has 0 spiro atoms. The molecule has 1 fully saturated rings. The molecule has 0 radical (unpaired) electrons. The number of nitrogens with one attached hydrogen (secondary N) is 1. The Morgan fingerprint density at radius 2 is 1.57 bits per heavy atom. The normalized spacial score (nSPS) is 15.5. The van der Waals surface area contributed by atoms with E-state index in [1.165, 1.54) is 11.1 Å². The molecule has 1 unspecified atom stereocenters. The summed E-state index contributed by atoms with van der Waals surface area (Å²) in [5.74, 6) is 0.0895. The molecule has 1 aliphatic heterocycles. The lowest BCUT2D eigenvalue weighted by Crippen LogP contribution is -2.54. The van der Waals surface area contributed by atoms with Crippen LogP contribution < -0.4 is 5.32 Å². The van der Waals surface area contributed by atoms with Crippen molar-refractivity contribution < 1.29 is 14.4 Å². The van der Waals surface area contributed by atoms with Crippen molar-refractivity contribution in [3.8, 4) is 0 Å². The predicted molar refractivity (Wildman–Crippen MR) is 120 cm³/mol. The van der Waals surface area contributed by atoms with Gasteiger partial charge in [-0.1, -0.05) is 67.1 Å². The summed E-state index contributed by atoms with van der Waals surface area (Å²) in [7, 11) is 0. The lowest BCUT2D eigenvalue weighted by molar-refractivity contribution is -0.146. The van der Waals surface area contributed by atoms with E-state index in [4.69, 9.17) is 0 Å². The summed E-state index contributed by atoms with van der Waals surface area (Å²) in [5, 5.41) is 2.42. The average molecular weight is 425 g/mol. The van der Waals surface area contributed by atoms with E-state index < -0.39 is 5.91 Å². The maximum Gasteiger partial charge on any atom is 0.246 e. The van der Waals surface area contributed by atoms with Gasteiger partial charge in [-0.2, -0.15) is 0 Å². The van der Waals surface area contributed by atoms with Gasteiger partial charge < -0.3 is 4.90 Å². The number of rotatable bonds is 11. The number of unbranched alkanes of at least 4 members (excludes halogenated alkanes) is 2. The molecular formula is C24H28N2O3S. The predicted octanol–water partition coefficient (Wildman–Crippen LogP) is 3.92. The van der Waals surface area contributed by atoms with Crippen molar-refractivity contribution in [2.24, 2.45) is 0 Å². The first-order chi connectivity index (χ1) is 14.6. The van der Waals surface area contributed by atoms with Crippen LogP contribution in [0, 0.1) is 0 Å². The Morgan fingerprint density at radius 1 is 0.900 bits per heavy atom. The van der Waals surface area contributed by atoms with Gasteiger partial charge in [0.2, 0.25) is 17.7 Å². The Kier molecular flexibility index (Phi) is 8.51. The molecule has 1 atom stereocenters. The van der Waals surface area contributed by atoms with E-state index in [9.17, 15) is 14.4 Å². The zero-order valence-corrected chi connectivity index (χ0v) is 17.9. The summed E-state index contributed by atoms with van der Waals surface area (Å²) in [4.78, 5) is 37.6. The van der Waals surface area contributed by atoms with Crippen molar-refractivity contribution >= 4 is 29.5 Å². The first-order valence-electron chi connectivity index (χ1n) is 10.4. The van der Waals surface area contributed by atoms with Gasteiger partial charge in [-0.3, -0.25) is 19.7 Å². The van der Waals surface area contributed by atoms with E-state index in [-0.39, 0.29) is 23.7 Å². The van der Waals surface area contributed by atoms with Crippen molar-refractivity contribution in [3.63, 3.8) is 0 Å². The highest BCUT2D eigenvalue weighted by Crippen LogP contribution is 2.31. The molecule has 1 N–H and O–H groups in total. The third-order valence-electron chi connectivity index (χ3n) is 5.11. The smallest absolute Gasteiger partial charge is 0.246 e. The van der Waals surface area contributed by atoms with Gasteiger partial charge >= 0.3 is 0 Å². The number of amides is 3. The van der Waals surface area contributed by atoms with Crippen LogP contribution in [-0.2, 0) is 26.6 Å². The minimum absolute atomic E-state index is 0.00320. The molecule has 1 aliphatic rings. The molecule has 0 saturated carbocycles. The summed E-state index contributed by atoms with van der Waals surface area (Å²) in [6.07, 6.45) is 4.50. The number of hydrogen-bond donors (Lipinski definition) is 1. The molecule has 1 saturated heterocycles. The Bertz CT molecular complexity index is 842. The maximum absolute atomic E-state index is 12.2. The molecule has 0 aromatic heterocycles. The highest BCUT2D eigenvalue weighted by atomic mass is 32.2. The van der Waals surface area contributed by atoms with Crippen LogP contribution in [-0.4, -0.2) is 34.5 Å². The summed E-state index contributed by atoms with van der Waals surface area (Å²) in [6, 6.07) is 20.3. The van der Waals surface area contributed by atoms with Crippen molar-refractivity contribution in [3.05, 3.63) is 71.8 Å². The monoisotopic (exact) mass is 424 g/mol. The number of carbonyl (C=O) groups is 3. The number of likely N-dealkylation sites (tertiary alicyclic amines) is 1. The largest absolute Gasteiger partial charge is 0.321 e. The van der Waals surface area contributed by atoms with Crippen LogP contribution in [0.3, 0.4) is 0 Å². The molecule has 2 aromatic rings. The number of hydrogen-bond acceptors (Lipinski definition) is 4. The van der Waals surface area contributed by atoms with Crippen molar-refractivity contribution in [2.75, 3.05) is 6.54 Å². The Labute approximate surface area is 182 Å². The topological polar surface area (TPSA) is 66.5 Å². The molecule has 0 bridgehead atoms. The molecule has 158 valence electrons. The molecule has 3 rings (SSSR count). The van der Waals surface area contributed by atoms with Crippen LogP contribution in [0.4, 0.5) is 0 Å². The molecule has 5 nitrogen and oxygen atoms in total. The first kappa shape index (κ1) is 22.1. The molecule has 6 heteroatoms. The Hall–Kier alpha value is -2.60. The summed E-state index contributed by atoms with van der Waals surface area (Å²) >= 11 is 1.65.